The average Bonchev–Trinajstić information content (AvgIpc) is 2.96. The summed E-state index contributed by atoms with van der Waals surface area (Å²) >= 11 is 0. The molecule has 1 unspecified atom stereocenters. The molecule has 0 aliphatic carbocycles. The number of carbonyl (C=O) groups is 1. The number of halogens is 1. The van der Waals surface area contributed by atoms with Gasteiger partial charge in [-0.2, -0.15) is 0 Å². The molecule has 0 bridgehead atoms. The van der Waals surface area contributed by atoms with E-state index in [1.807, 2.05) is 24.4 Å². The highest BCUT2D eigenvalue weighted by Gasteiger charge is 2.15. The minimum Gasteiger partial charge on any atom is -0.481 e. The molecule has 1 N–H and O–H groups in total. The summed E-state index contributed by atoms with van der Waals surface area (Å²) in [7, 11) is 0. The number of pyridine rings is 1. The number of nitrogens with zero attached hydrogens (tertiary/aromatic N) is 3. The number of aromatic nitrogens is 3. The summed E-state index contributed by atoms with van der Waals surface area (Å²) in [5, 5.41) is 10.8. The van der Waals surface area contributed by atoms with Gasteiger partial charge in [0.1, 0.15) is 11.6 Å². The largest absolute Gasteiger partial charge is 0.481 e. The maximum absolute atomic E-state index is 13.1. The van der Waals surface area contributed by atoms with E-state index in [9.17, 15) is 9.18 Å². The zero-order valence-corrected chi connectivity index (χ0v) is 12.4. The van der Waals surface area contributed by atoms with Crippen LogP contribution < -0.4 is 10.1 Å². The quantitative estimate of drug-likeness (QED) is 0.781. The van der Waals surface area contributed by atoms with E-state index in [4.69, 9.17) is 4.74 Å². The Labute approximate surface area is 131 Å². The van der Waals surface area contributed by atoms with Crippen molar-refractivity contribution in [1.29, 1.82) is 0 Å². The zero-order chi connectivity index (χ0) is 16.2. The molecule has 7 heteroatoms. The fourth-order valence-electron chi connectivity index (χ4n) is 2.12. The molecule has 0 radical (unpaired) electrons. The van der Waals surface area contributed by atoms with Gasteiger partial charge in [0, 0.05) is 12.3 Å². The van der Waals surface area contributed by atoms with Crippen molar-refractivity contribution in [1.82, 2.24) is 19.9 Å². The van der Waals surface area contributed by atoms with Crippen molar-refractivity contribution in [2.45, 2.75) is 19.6 Å². The summed E-state index contributed by atoms with van der Waals surface area (Å²) in [6.45, 7) is 1.82. The Morgan fingerprint density at radius 3 is 3.00 bits per heavy atom. The van der Waals surface area contributed by atoms with Crippen molar-refractivity contribution < 1.29 is 13.9 Å². The van der Waals surface area contributed by atoms with Crippen LogP contribution in [0.2, 0.25) is 0 Å². The van der Waals surface area contributed by atoms with Crippen molar-refractivity contribution in [3.63, 3.8) is 0 Å². The van der Waals surface area contributed by atoms with Crippen LogP contribution in [-0.2, 0) is 11.3 Å². The molecule has 0 fully saturated rings. The fourth-order valence-corrected chi connectivity index (χ4v) is 2.12. The Hall–Kier alpha value is -2.96. The van der Waals surface area contributed by atoms with Crippen LogP contribution in [0.5, 0.6) is 5.75 Å². The minimum atomic E-state index is -0.754. The van der Waals surface area contributed by atoms with Crippen molar-refractivity contribution in [2.75, 3.05) is 0 Å². The second kappa shape index (κ2) is 6.43. The standard InChI is InChI=1S/C16H15FN4O2/c1-11(23-13-6-4-5-12(17)9-13)16(22)18-10-15-20-19-14-7-2-3-8-21(14)15/h2-9,11H,10H2,1H3,(H,18,22). The molecule has 0 aliphatic heterocycles. The van der Waals surface area contributed by atoms with E-state index < -0.39 is 11.9 Å². The number of carbonyl (C=O) groups excluding carboxylic acids is 1. The van der Waals surface area contributed by atoms with Gasteiger partial charge in [0.15, 0.2) is 17.6 Å². The molecule has 3 aromatic rings. The van der Waals surface area contributed by atoms with Crippen LogP contribution >= 0.6 is 0 Å². The predicted molar refractivity (Wildman–Crippen MR) is 81.3 cm³/mol. The van der Waals surface area contributed by atoms with Crippen LogP contribution in [0.1, 0.15) is 12.7 Å². The van der Waals surface area contributed by atoms with Crippen molar-refractivity contribution in [2.24, 2.45) is 0 Å². The second-order valence-electron chi connectivity index (χ2n) is 4.98. The molecule has 6 nitrogen and oxygen atoms in total. The van der Waals surface area contributed by atoms with Gasteiger partial charge in [-0.3, -0.25) is 9.20 Å². The third kappa shape index (κ3) is 3.45. The van der Waals surface area contributed by atoms with E-state index in [1.54, 1.807) is 17.4 Å². The average molecular weight is 314 g/mol. The Morgan fingerprint density at radius 2 is 2.17 bits per heavy atom. The lowest BCUT2D eigenvalue weighted by Crippen LogP contribution is -2.36. The highest BCUT2D eigenvalue weighted by molar-refractivity contribution is 5.80. The van der Waals surface area contributed by atoms with Gasteiger partial charge in [0.05, 0.1) is 6.54 Å². The maximum atomic E-state index is 13.1. The van der Waals surface area contributed by atoms with Gasteiger partial charge in [-0.15, -0.1) is 10.2 Å². The smallest absolute Gasteiger partial charge is 0.261 e. The molecule has 3 rings (SSSR count). The molecule has 23 heavy (non-hydrogen) atoms. The summed E-state index contributed by atoms with van der Waals surface area (Å²) in [5.41, 5.74) is 0.709. The molecule has 0 saturated carbocycles. The first-order valence-electron chi connectivity index (χ1n) is 7.12. The number of ether oxygens (including phenoxy) is 1. The summed E-state index contributed by atoms with van der Waals surface area (Å²) < 4.78 is 20.3. The number of rotatable bonds is 5. The van der Waals surface area contributed by atoms with Crippen LogP contribution in [-0.4, -0.2) is 26.6 Å². The Kier molecular flexibility index (Phi) is 4.18. The molecule has 2 heterocycles. The van der Waals surface area contributed by atoms with Crippen molar-refractivity contribution in [3.05, 3.63) is 60.3 Å². The second-order valence-corrected chi connectivity index (χ2v) is 4.98. The molecule has 1 atom stereocenters. The monoisotopic (exact) mass is 314 g/mol. The van der Waals surface area contributed by atoms with E-state index in [0.717, 1.165) is 0 Å². The van der Waals surface area contributed by atoms with Crippen LogP contribution in [0, 0.1) is 5.82 Å². The SMILES string of the molecule is CC(Oc1cccc(F)c1)C(=O)NCc1nnc2ccccn12. The Bertz CT molecular complexity index is 834. The van der Waals surface area contributed by atoms with Gasteiger partial charge in [-0.05, 0) is 31.2 Å². The minimum absolute atomic E-state index is 0.223. The van der Waals surface area contributed by atoms with E-state index in [2.05, 4.69) is 15.5 Å². The van der Waals surface area contributed by atoms with Crippen LogP contribution in [0.4, 0.5) is 4.39 Å². The van der Waals surface area contributed by atoms with Gasteiger partial charge >= 0.3 is 0 Å². The lowest BCUT2D eigenvalue weighted by molar-refractivity contribution is -0.127. The third-order valence-electron chi connectivity index (χ3n) is 3.28. The predicted octanol–water partition coefficient (Wildman–Crippen LogP) is 1.95. The molecular formula is C16H15FN4O2. The van der Waals surface area contributed by atoms with Gasteiger partial charge in [0.25, 0.3) is 5.91 Å². The molecule has 0 aliphatic rings. The number of amides is 1. The first kappa shape index (κ1) is 15.0. The molecule has 0 saturated heterocycles. The summed E-state index contributed by atoms with van der Waals surface area (Å²) in [4.78, 5) is 12.1. The molecule has 1 aromatic carbocycles. The van der Waals surface area contributed by atoms with Crippen LogP contribution in [0.25, 0.3) is 5.65 Å². The Morgan fingerprint density at radius 1 is 1.30 bits per heavy atom. The van der Waals surface area contributed by atoms with Gasteiger partial charge in [-0.1, -0.05) is 12.1 Å². The number of nitrogens with one attached hydrogen (secondary N) is 1. The Balaban J connectivity index is 1.60. The number of hydrogen-bond donors (Lipinski definition) is 1. The van der Waals surface area contributed by atoms with E-state index in [1.165, 1.54) is 18.2 Å². The van der Waals surface area contributed by atoms with Crippen LogP contribution in [0.15, 0.2) is 48.7 Å². The number of benzene rings is 1. The topological polar surface area (TPSA) is 68.5 Å². The highest BCUT2D eigenvalue weighted by Crippen LogP contribution is 2.13. The molecular weight excluding hydrogens is 299 g/mol. The first-order chi connectivity index (χ1) is 11.1. The first-order valence-corrected chi connectivity index (χ1v) is 7.12. The van der Waals surface area contributed by atoms with Crippen LogP contribution in [0.3, 0.4) is 0 Å². The van der Waals surface area contributed by atoms with Crippen molar-refractivity contribution >= 4 is 11.6 Å². The lowest BCUT2D eigenvalue weighted by atomic mass is 10.3. The van der Waals surface area contributed by atoms with Crippen molar-refractivity contribution in [3.8, 4) is 5.75 Å². The normalized spacial score (nSPS) is 12.1. The number of hydrogen-bond acceptors (Lipinski definition) is 4. The fraction of sp³-hybridized carbons (Fsp3) is 0.188. The maximum Gasteiger partial charge on any atom is 0.261 e. The zero-order valence-electron chi connectivity index (χ0n) is 12.4. The third-order valence-corrected chi connectivity index (χ3v) is 3.28. The van der Waals surface area contributed by atoms with E-state index in [-0.39, 0.29) is 12.5 Å². The van der Waals surface area contributed by atoms with E-state index >= 15 is 0 Å². The van der Waals surface area contributed by atoms with Gasteiger partial charge in [-0.25, -0.2) is 4.39 Å². The van der Waals surface area contributed by atoms with E-state index in [0.29, 0.717) is 17.2 Å². The summed E-state index contributed by atoms with van der Waals surface area (Å²) in [6, 6.07) is 11.2. The molecule has 118 valence electrons. The van der Waals surface area contributed by atoms with Gasteiger partial charge < -0.3 is 10.1 Å². The molecule has 0 spiro atoms. The highest BCUT2D eigenvalue weighted by atomic mass is 19.1. The molecule has 2 aromatic heterocycles. The summed E-state index contributed by atoms with van der Waals surface area (Å²) in [5.74, 6) is 0.194. The summed E-state index contributed by atoms with van der Waals surface area (Å²) in [6.07, 6.45) is 1.07. The molecule has 1 amide bonds. The lowest BCUT2D eigenvalue weighted by Gasteiger charge is -2.14. The van der Waals surface area contributed by atoms with Gasteiger partial charge in [0.2, 0.25) is 0 Å². The number of fused-ring (bicyclic) bond motifs is 1.